The number of aliphatic carboxylic acids is 1. The van der Waals surface area contributed by atoms with Gasteiger partial charge in [0.15, 0.2) is 0 Å². The highest BCUT2D eigenvalue weighted by Crippen LogP contribution is 2.21. The maximum absolute atomic E-state index is 13.0. The fourth-order valence-corrected chi connectivity index (χ4v) is 4.64. The lowest BCUT2D eigenvalue weighted by molar-refractivity contribution is -0.138. The molecule has 2 unspecified atom stereocenters. The van der Waals surface area contributed by atoms with E-state index in [9.17, 15) is 19.4 Å². The number of unbranched alkanes of at least 4 members (excludes halogenated alkanes) is 1. The molecule has 9 nitrogen and oxygen atoms in total. The van der Waals surface area contributed by atoms with Gasteiger partial charge in [-0.05, 0) is 68.8 Å². The summed E-state index contributed by atoms with van der Waals surface area (Å²) in [6, 6.07) is 10.7. The van der Waals surface area contributed by atoms with Crippen molar-refractivity contribution in [1.29, 1.82) is 0 Å². The van der Waals surface area contributed by atoms with Gasteiger partial charge in [-0.15, -0.1) is 0 Å². The van der Waals surface area contributed by atoms with E-state index >= 15 is 0 Å². The number of halogens is 1. The van der Waals surface area contributed by atoms with Gasteiger partial charge >= 0.3 is 5.97 Å². The lowest BCUT2D eigenvalue weighted by Crippen LogP contribution is -2.39. The number of nitrogens with zero attached hydrogens (tertiary/aromatic N) is 4. The van der Waals surface area contributed by atoms with Crippen LogP contribution in [0.1, 0.15) is 36.9 Å². The van der Waals surface area contributed by atoms with Crippen molar-refractivity contribution in [2.24, 2.45) is 0 Å². The molecule has 2 atom stereocenters. The highest BCUT2D eigenvalue weighted by molar-refractivity contribution is 5.90. The van der Waals surface area contributed by atoms with Crippen LogP contribution in [0, 0.1) is 0 Å². The number of carbonyl (C=O) groups is 1. The van der Waals surface area contributed by atoms with Crippen molar-refractivity contribution in [2.75, 3.05) is 43.5 Å². The van der Waals surface area contributed by atoms with Gasteiger partial charge in [0.25, 0.3) is 0 Å². The molecule has 0 saturated heterocycles. The number of aliphatic hydroxyl groups is 1. The zero-order valence-electron chi connectivity index (χ0n) is 20.9. The standard InChI is InChI=1S/C27H35FN6O3/c28-16-21(35)17-34(14-4-3-7-20-11-10-19-6-5-13-29-25(19)32-20)15-12-24(27(36)37)33-26-22-8-1-2-9-23(22)30-18-31-26/h1-2,8-11,18,21,24,35H,3-7,12-17H2,(H,29,32)(H,36,37)(H,30,31,33). The van der Waals surface area contributed by atoms with Gasteiger partial charge in [0.2, 0.25) is 0 Å². The van der Waals surface area contributed by atoms with Crippen molar-refractivity contribution in [2.45, 2.75) is 50.7 Å². The van der Waals surface area contributed by atoms with Crippen molar-refractivity contribution in [3.63, 3.8) is 0 Å². The van der Waals surface area contributed by atoms with Crippen LogP contribution in [-0.4, -0.2) is 81.0 Å². The molecule has 0 aliphatic carbocycles. The highest BCUT2D eigenvalue weighted by atomic mass is 19.1. The molecule has 1 aliphatic heterocycles. The van der Waals surface area contributed by atoms with Crippen LogP contribution in [0.3, 0.4) is 0 Å². The van der Waals surface area contributed by atoms with Crippen molar-refractivity contribution in [1.82, 2.24) is 19.9 Å². The molecule has 3 heterocycles. The Hall–Kier alpha value is -3.37. The van der Waals surface area contributed by atoms with Crippen molar-refractivity contribution in [3.8, 4) is 0 Å². The maximum Gasteiger partial charge on any atom is 0.326 e. The fourth-order valence-electron chi connectivity index (χ4n) is 4.64. The van der Waals surface area contributed by atoms with Gasteiger partial charge < -0.3 is 25.7 Å². The van der Waals surface area contributed by atoms with E-state index in [1.54, 1.807) is 0 Å². The molecule has 0 saturated carbocycles. The Bertz CT molecular complexity index is 1170. The van der Waals surface area contributed by atoms with Crippen LogP contribution in [0.2, 0.25) is 0 Å². The second-order valence-corrected chi connectivity index (χ2v) is 9.47. The van der Waals surface area contributed by atoms with E-state index in [0.717, 1.165) is 61.1 Å². The summed E-state index contributed by atoms with van der Waals surface area (Å²) in [6.45, 7) is 1.29. The molecule has 10 heteroatoms. The molecule has 4 rings (SSSR count). The molecular formula is C27H35FN6O3. The van der Waals surface area contributed by atoms with E-state index in [1.807, 2.05) is 29.2 Å². The molecule has 198 valence electrons. The summed E-state index contributed by atoms with van der Waals surface area (Å²) in [5.74, 6) is 0.446. The Kier molecular flexibility index (Phi) is 9.56. The average molecular weight is 511 g/mol. The minimum Gasteiger partial charge on any atom is -0.480 e. The van der Waals surface area contributed by atoms with Gasteiger partial charge in [-0.3, -0.25) is 0 Å². The van der Waals surface area contributed by atoms with Crippen LogP contribution >= 0.6 is 0 Å². The Labute approximate surface area is 216 Å². The minimum atomic E-state index is -1.10. The summed E-state index contributed by atoms with van der Waals surface area (Å²) in [7, 11) is 0. The molecule has 0 amide bonds. The van der Waals surface area contributed by atoms with Gasteiger partial charge in [-0.1, -0.05) is 18.2 Å². The number of hydrogen-bond acceptors (Lipinski definition) is 8. The first kappa shape index (κ1) is 26.7. The molecule has 1 aromatic carbocycles. The number of carboxylic acids is 1. The summed E-state index contributed by atoms with van der Waals surface area (Å²) in [4.78, 5) is 27.1. The van der Waals surface area contributed by atoms with E-state index in [4.69, 9.17) is 4.98 Å². The summed E-state index contributed by atoms with van der Waals surface area (Å²) in [6.07, 6.45) is 5.30. The van der Waals surface area contributed by atoms with Crippen molar-refractivity contribution >= 4 is 28.5 Å². The number of carboxylic acid groups (broad SMARTS) is 1. The Morgan fingerprint density at radius 2 is 2.03 bits per heavy atom. The third-order valence-electron chi connectivity index (χ3n) is 6.64. The monoisotopic (exact) mass is 510 g/mol. The summed E-state index contributed by atoms with van der Waals surface area (Å²) >= 11 is 0. The largest absolute Gasteiger partial charge is 0.480 e. The van der Waals surface area contributed by atoms with Crippen LogP contribution in [-0.2, 0) is 17.6 Å². The molecule has 0 fully saturated rings. The predicted molar refractivity (Wildman–Crippen MR) is 142 cm³/mol. The van der Waals surface area contributed by atoms with Crippen LogP contribution in [0.4, 0.5) is 16.0 Å². The van der Waals surface area contributed by atoms with E-state index in [-0.39, 0.29) is 13.0 Å². The number of anilines is 2. The number of alkyl halides is 1. The number of aryl methyl sites for hydroxylation is 2. The number of para-hydroxylation sites is 1. The second kappa shape index (κ2) is 13.3. The van der Waals surface area contributed by atoms with Crippen LogP contribution in [0.25, 0.3) is 10.9 Å². The number of benzene rings is 1. The molecule has 0 spiro atoms. The fraction of sp³-hybridized carbons (Fsp3) is 0.481. The minimum absolute atomic E-state index is 0.153. The topological polar surface area (TPSA) is 124 Å². The lowest BCUT2D eigenvalue weighted by atomic mass is 10.1. The maximum atomic E-state index is 13.0. The smallest absolute Gasteiger partial charge is 0.326 e. The quantitative estimate of drug-likeness (QED) is 0.242. The zero-order valence-corrected chi connectivity index (χ0v) is 20.9. The third-order valence-corrected chi connectivity index (χ3v) is 6.64. The number of rotatable bonds is 14. The molecule has 1 aliphatic rings. The lowest BCUT2D eigenvalue weighted by Gasteiger charge is -2.26. The van der Waals surface area contributed by atoms with Gasteiger partial charge in [0, 0.05) is 30.7 Å². The van der Waals surface area contributed by atoms with Crippen LogP contribution in [0.5, 0.6) is 0 Å². The molecule has 4 N–H and O–H groups in total. The predicted octanol–water partition coefficient (Wildman–Crippen LogP) is 3.29. The molecule has 37 heavy (non-hydrogen) atoms. The summed E-state index contributed by atoms with van der Waals surface area (Å²) < 4.78 is 13.0. The number of aliphatic hydroxyl groups excluding tert-OH is 1. The Morgan fingerprint density at radius 3 is 2.86 bits per heavy atom. The molecule has 0 bridgehead atoms. The number of nitrogens with one attached hydrogen (secondary N) is 2. The van der Waals surface area contributed by atoms with E-state index in [0.29, 0.717) is 18.9 Å². The summed E-state index contributed by atoms with van der Waals surface area (Å²) in [5.41, 5.74) is 3.02. The third kappa shape index (κ3) is 7.56. The van der Waals surface area contributed by atoms with Crippen molar-refractivity contribution in [3.05, 3.63) is 54.0 Å². The van der Waals surface area contributed by atoms with Gasteiger partial charge in [0.1, 0.15) is 30.7 Å². The normalized spacial score (nSPS) is 14.7. The SMILES string of the molecule is O=C(O)C(CCN(CCCCc1ccc2c(n1)NCCC2)CC(O)CF)Nc1ncnc2ccccc12. The second-order valence-electron chi connectivity index (χ2n) is 9.47. The van der Waals surface area contributed by atoms with Crippen molar-refractivity contribution < 1.29 is 19.4 Å². The molecule has 3 aromatic rings. The van der Waals surface area contributed by atoms with E-state index in [2.05, 4.69) is 32.7 Å². The van der Waals surface area contributed by atoms with Crippen LogP contribution < -0.4 is 10.6 Å². The first-order chi connectivity index (χ1) is 18.0. The van der Waals surface area contributed by atoms with Crippen LogP contribution in [0.15, 0.2) is 42.7 Å². The van der Waals surface area contributed by atoms with Gasteiger partial charge in [-0.2, -0.15) is 0 Å². The van der Waals surface area contributed by atoms with Gasteiger partial charge in [-0.25, -0.2) is 24.1 Å². The number of fused-ring (bicyclic) bond motifs is 2. The van der Waals surface area contributed by atoms with Gasteiger partial charge in [0.05, 0.1) is 11.6 Å². The average Bonchev–Trinajstić information content (AvgIpc) is 2.92. The first-order valence-electron chi connectivity index (χ1n) is 12.9. The zero-order chi connectivity index (χ0) is 26.0. The number of pyridine rings is 1. The first-order valence-corrected chi connectivity index (χ1v) is 12.9. The number of aromatic nitrogens is 3. The van der Waals surface area contributed by atoms with E-state index in [1.165, 1.54) is 11.9 Å². The molecular weight excluding hydrogens is 475 g/mol. The Balaban J connectivity index is 1.32. The van der Waals surface area contributed by atoms with E-state index < -0.39 is 24.8 Å². The summed E-state index contributed by atoms with van der Waals surface area (Å²) in [5, 5.41) is 26.9. The Morgan fingerprint density at radius 1 is 1.16 bits per heavy atom. The highest BCUT2D eigenvalue weighted by Gasteiger charge is 2.21. The molecule has 0 radical (unpaired) electrons. The number of hydrogen-bond donors (Lipinski definition) is 4. The molecule has 2 aromatic heterocycles.